The largest absolute Gasteiger partial charge is 0.341 e. The second-order valence-corrected chi connectivity index (χ2v) is 5.91. The molecule has 1 amide bonds. The molecule has 1 N–H and O–H groups in total. The first-order valence-electron chi connectivity index (χ1n) is 7.20. The molecule has 2 unspecified atom stereocenters. The maximum absolute atomic E-state index is 12.3. The fourth-order valence-electron chi connectivity index (χ4n) is 3.12. The first kappa shape index (κ1) is 15.8. The van der Waals surface area contributed by atoms with E-state index < -0.39 is 0 Å². The molecule has 0 radical (unpaired) electrons. The van der Waals surface area contributed by atoms with Crippen molar-refractivity contribution in [2.45, 2.75) is 52.0 Å². The lowest BCUT2D eigenvalue weighted by Crippen LogP contribution is -2.44. The molecule has 0 saturated carbocycles. The predicted molar refractivity (Wildman–Crippen MR) is 77.0 cm³/mol. The fourth-order valence-corrected chi connectivity index (χ4v) is 3.12. The molecule has 0 aromatic heterocycles. The Bertz CT molecular complexity index is 265. The summed E-state index contributed by atoms with van der Waals surface area (Å²) < 4.78 is 0. The van der Waals surface area contributed by atoms with E-state index in [4.69, 9.17) is 0 Å². The third-order valence-electron chi connectivity index (χ3n) is 4.39. The minimum Gasteiger partial charge on any atom is -0.341 e. The minimum absolute atomic E-state index is 0. The summed E-state index contributed by atoms with van der Waals surface area (Å²) >= 11 is 0. The van der Waals surface area contributed by atoms with E-state index in [-0.39, 0.29) is 18.4 Å². The van der Waals surface area contributed by atoms with Gasteiger partial charge in [0.25, 0.3) is 0 Å². The quantitative estimate of drug-likeness (QED) is 0.839. The maximum Gasteiger partial charge on any atom is 0.239 e. The maximum atomic E-state index is 12.3. The summed E-state index contributed by atoms with van der Waals surface area (Å²) in [6.07, 6.45) is 5.85. The highest BCUT2D eigenvalue weighted by molar-refractivity contribution is 5.85. The lowest BCUT2D eigenvalue weighted by atomic mass is 9.89. The van der Waals surface area contributed by atoms with Crippen LogP contribution in [0, 0.1) is 11.8 Å². The predicted octanol–water partition coefficient (Wildman–Crippen LogP) is 2.44. The Morgan fingerprint density at radius 3 is 2.56 bits per heavy atom. The van der Waals surface area contributed by atoms with E-state index in [1.54, 1.807) is 0 Å². The van der Waals surface area contributed by atoms with E-state index in [1.165, 1.54) is 19.3 Å². The van der Waals surface area contributed by atoms with Crippen molar-refractivity contribution in [1.29, 1.82) is 0 Å². The summed E-state index contributed by atoms with van der Waals surface area (Å²) in [4.78, 5) is 14.4. The molecule has 0 spiro atoms. The van der Waals surface area contributed by atoms with Gasteiger partial charge >= 0.3 is 0 Å². The van der Waals surface area contributed by atoms with Crippen molar-refractivity contribution >= 4 is 18.3 Å². The number of halogens is 1. The second-order valence-electron chi connectivity index (χ2n) is 5.91. The zero-order valence-corrected chi connectivity index (χ0v) is 12.5. The Morgan fingerprint density at radius 2 is 1.94 bits per heavy atom. The second kappa shape index (κ2) is 7.34. The molecule has 0 aromatic carbocycles. The van der Waals surface area contributed by atoms with Crippen molar-refractivity contribution in [2.75, 3.05) is 19.6 Å². The van der Waals surface area contributed by atoms with Gasteiger partial charge in [-0.25, -0.2) is 0 Å². The van der Waals surface area contributed by atoms with Gasteiger partial charge in [0.05, 0.1) is 6.04 Å². The number of hydrogen-bond donors (Lipinski definition) is 1. The molecule has 2 rings (SSSR count). The summed E-state index contributed by atoms with van der Waals surface area (Å²) in [5.41, 5.74) is 0. The van der Waals surface area contributed by atoms with Crippen LogP contribution in [0.3, 0.4) is 0 Å². The molecule has 0 aliphatic carbocycles. The molecular formula is C14H27ClN2O. The van der Waals surface area contributed by atoms with E-state index in [0.717, 1.165) is 44.3 Å². The zero-order valence-electron chi connectivity index (χ0n) is 11.7. The summed E-state index contributed by atoms with van der Waals surface area (Å²) in [6.45, 7) is 7.57. The van der Waals surface area contributed by atoms with Gasteiger partial charge in [0.15, 0.2) is 0 Å². The average Bonchev–Trinajstić information content (AvgIpc) is 2.71. The molecular weight excluding hydrogens is 248 g/mol. The normalized spacial score (nSPS) is 28.9. The first-order valence-corrected chi connectivity index (χ1v) is 7.20. The molecule has 106 valence electrons. The number of amides is 1. The highest BCUT2D eigenvalue weighted by Crippen LogP contribution is 2.25. The molecule has 18 heavy (non-hydrogen) atoms. The molecule has 3 nitrogen and oxygen atoms in total. The Labute approximate surface area is 117 Å². The third kappa shape index (κ3) is 3.86. The van der Waals surface area contributed by atoms with Crippen molar-refractivity contribution in [1.82, 2.24) is 10.2 Å². The number of carbonyl (C=O) groups is 1. The van der Waals surface area contributed by atoms with E-state index in [0.29, 0.717) is 5.91 Å². The SMILES string of the molecule is CC(C)C1CCCN(C(=O)C2CCCN2)CC1.Cl. The van der Waals surface area contributed by atoms with Gasteiger partial charge in [0, 0.05) is 13.1 Å². The van der Waals surface area contributed by atoms with Crippen molar-refractivity contribution in [3.8, 4) is 0 Å². The number of nitrogens with one attached hydrogen (secondary N) is 1. The number of hydrogen-bond acceptors (Lipinski definition) is 2. The number of nitrogens with zero attached hydrogens (tertiary/aromatic N) is 1. The van der Waals surface area contributed by atoms with Gasteiger partial charge in [0.1, 0.15) is 0 Å². The number of carbonyl (C=O) groups excluding carboxylic acids is 1. The van der Waals surface area contributed by atoms with Gasteiger partial charge in [-0.15, -0.1) is 12.4 Å². The smallest absolute Gasteiger partial charge is 0.239 e. The molecule has 2 saturated heterocycles. The summed E-state index contributed by atoms with van der Waals surface area (Å²) in [5, 5.41) is 3.32. The Balaban J connectivity index is 0.00000162. The van der Waals surface area contributed by atoms with Gasteiger partial charge < -0.3 is 10.2 Å². The van der Waals surface area contributed by atoms with Crippen LogP contribution in [0.25, 0.3) is 0 Å². The van der Waals surface area contributed by atoms with Gasteiger partial charge in [-0.3, -0.25) is 4.79 Å². The molecule has 2 aliphatic heterocycles. The van der Waals surface area contributed by atoms with Crippen molar-refractivity contribution in [3.05, 3.63) is 0 Å². The van der Waals surface area contributed by atoms with Crippen LogP contribution in [0.15, 0.2) is 0 Å². The van der Waals surface area contributed by atoms with E-state index in [9.17, 15) is 4.79 Å². The summed E-state index contributed by atoms with van der Waals surface area (Å²) in [5.74, 6) is 1.92. The molecule has 2 atom stereocenters. The number of rotatable bonds is 2. The van der Waals surface area contributed by atoms with Crippen LogP contribution in [0.4, 0.5) is 0 Å². The molecule has 2 heterocycles. The van der Waals surface area contributed by atoms with Gasteiger partial charge in [-0.1, -0.05) is 13.8 Å². The molecule has 2 aliphatic rings. The zero-order chi connectivity index (χ0) is 12.3. The fraction of sp³-hybridized carbons (Fsp3) is 0.929. The van der Waals surface area contributed by atoms with Crippen LogP contribution < -0.4 is 5.32 Å². The lowest BCUT2D eigenvalue weighted by Gasteiger charge is -2.24. The topological polar surface area (TPSA) is 32.3 Å². The lowest BCUT2D eigenvalue weighted by molar-refractivity contribution is -0.133. The number of likely N-dealkylation sites (tertiary alicyclic amines) is 1. The monoisotopic (exact) mass is 274 g/mol. The van der Waals surface area contributed by atoms with Gasteiger partial charge in [0.2, 0.25) is 5.91 Å². The van der Waals surface area contributed by atoms with Crippen LogP contribution in [0.5, 0.6) is 0 Å². The van der Waals surface area contributed by atoms with Crippen LogP contribution in [0.1, 0.15) is 46.0 Å². The van der Waals surface area contributed by atoms with Crippen molar-refractivity contribution in [2.24, 2.45) is 11.8 Å². The average molecular weight is 275 g/mol. The van der Waals surface area contributed by atoms with E-state index in [2.05, 4.69) is 24.1 Å². The van der Waals surface area contributed by atoms with Crippen LogP contribution in [-0.4, -0.2) is 36.5 Å². The van der Waals surface area contributed by atoms with Crippen LogP contribution >= 0.6 is 12.4 Å². The summed E-state index contributed by atoms with van der Waals surface area (Å²) in [7, 11) is 0. The van der Waals surface area contributed by atoms with Crippen molar-refractivity contribution < 1.29 is 4.79 Å². The Hall–Kier alpha value is -0.280. The molecule has 0 bridgehead atoms. The Kier molecular flexibility index (Phi) is 6.44. The van der Waals surface area contributed by atoms with Crippen LogP contribution in [0.2, 0.25) is 0 Å². The standard InChI is InChI=1S/C14H26N2O.ClH/c1-11(2)12-5-4-9-16(10-7-12)14(17)13-6-3-8-15-13;/h11-13,15H,3-10H2,1-2H3;1H. The van der Waals surface area contributed by atoms with E-state index in [1.807, 2.05) is 0 Å². The van der Waals surface area contributed by atoms with E-state index >= 15 is 0 Å². The van der Waals surface area contributed by atoms with Crippen molar-refractivity contribution in [3.63, 3.8) is 0 Å². The summed E-state index contributed by atoms with van der Waals surface area (Å²) in [6, 6.07) is 0.116. The van der Waals surface area contributed by atoms with Gasteiger partial charge in [-0.2, -0.15) is 0 Å². The molecule has 2 fully saturated rings. The first-order chi connectivity index (χ1) is 8.18. The molecule has 0 aromatic rings. The Morgan fingerprint density at radius 1 is 1.17 bits per heavy atom. The highest BCUT2D eigenvalue weighted by atomic mass is 35.5. The highest BCUT2D eigenvalue weighted by Gasteiger charge is 2.28. The minimum atomic E-state index is 0. The van der Waals surface area contributed by atoms with Gasteiger partial charge in [-0.05, 0) is 50.5 Å². The van der Waals surface area contributed by atoms with Crippen LogP contribution in [-0.2, 0) is 4.79 Å². The third-order valence-corrected chi connectivity index (χ3v) is 4.39. The molecule has 4 heteroatoms.